The highest BCUT2D eigenvalue weighted by Crippen LogP contribution is 2.33. The minimum atomic E-state index is -0.350. The van der Waals surface area contributed by atoms with Gasteiger partial charge in [-0.25, -0.2) is 4.98 Å². The van der Waals surface area contributed by atoms with Gasteiger partial charge in [-0.3, -0.25) is 20.6 Å². The molecule has 0 saturated carbocycles. The van der Waals surface area contributed by atoms with E-state index in [4.69, 9.17) is 10.5 Å². The van der Waals surface area contributed by atoms with Gasteiger partial charge in [-0.1, -0.05) is 36.4 Å². The number of benzene rings is 2. The fraction of sp³-hybridized carbons (Fsp3) is 0. The molecule has 8 nitrogen and oxygen atoms in total. The van der Waals surface area contributed by atoms with Gasteiger partial charge < -0.3 is 10.5 Å². The number of pyridine rings is 1. The third-order valence-electron chi connectivity index (χ3n) is 4.04. The highest BCUT2D eigenvalue weighted by atomic mass is 16.5. The predicted octanol–water partition coefficient (Wildman–Crippen LogP) is 3.16. The quantitative estimate of drug-likeness (QED) is 0.461. The SMILES string of the molecule is Nc1c(NNC(=O)c2ccncc2)ncnc1Oc1cccc2ccccc12. The highest BCUT2D eigenvalue weighted by molar-refractivity contribution is 5.95. The van der Waals surface area contributed by atoms with Crippen LogP contribution < -0.4 is 21.3 Å². The van der Waals surface area contributed by atoms with E-state index in [1.54, 1.807) is 12.1 Å². The Labute approximate surface area is 160 Å². The van der Waals surface area contributed by atoms with Crippen LogP contribution in [0.2, 0.25) is 0 Å². The van der Waals surface area contributed by atoms with Crippen LogP contribution in [0.15, 0.2) is 73.3 Å². The van der Waals surface area contributed by atoms with E-state index in [1.165, 1.54) is 18.7 Å². The molecule has 0 aliphatic rings. The maximum atomic E-state index is 12.1. The smallest absolute Gasteiger partial charge is 0.269 e. The van der Waals surface area contributed by atoms with Crippen molar-refractivity contribution in [2.45, 2.75) is 0 Å². The van der Waals surface area contributed by atoms with Crippen molar-refractivity contribution in [3.8, 4) is 11.6 Å². The molecule has 0 aliphatic heterocycles. The van der Waals surface area contributed by atoms with Gasteiger partial charge >= 0.3 is 0 Å². The van der Waals surface area contributed by atoms with Gasteiger partial charge in [-0.2, -0.15) is 4.98 Å². The Kier molecular flexibility index (Phi) is 4.67. The fourth-order valence-electron chi connectivity index (χ4n) is 2.64. The molecule has 0 radical (unpaired) electrons. The number of carbonyl (C=O) groups is 1. The molecule has 0 spiro atoms. The number of nitrogen functional groups attached to an aromatic ring is 1. The number of anilines is 2. The fourth-order valence-corrected chi connectivity index (χ4v) is 2.64. The molecule has 0 bridgehead atoms. The number of hydrogen-bond acceptors (Lipinski definition) is 7. The number of rotatable bonds is 5. The van der Waals surface area contributed by atoms with Gasteiger partial charge in [-0.15, -0.1) is 0 Å². The molecule has 8 heteroatoms. The Morgan fingerprint density at radius 3 is 2.61 bits per heavy atom. The van der Waals surface area contributed by atoms with E-state index in [2.05, 4.69) is 25.8 Å². The molecule has 28 heavy (non-hydrogen) atoms. The second kappa shape index (κ2) is 7.58. The van der Waals surface area contributed by atoms with Gasteiger partial charge in [0, 0.05) is 23.3 Å². The zero-order valence-corrected chi connectivity index (χ0v) is 14.7. The van der Waals surface area contributed by atoms with Crippen LogP contribution in [0.5, 0.6) is 11.6 Å². The largest absolute Gasteiger partial charge is 0.436 e. The first kappa shape index (κ1) is 17.2. The van der Waals surface area contributed by atoms with E-state index in [1.807, 2.05) is 42.5 Å². The van der Waals surface area contributed by atoms with Crippen LogP contribution in [-0.2, 0) is 0 Å². The lowest BCUT2D eigenvalue weighted by Crippen LogP contribution is -2.30. The third-order valence-corrected chi connectivity index (χ3v) is 4.04. The summed E-state index contributed by atoms with van der Waals surface area (Å²) >= 11 is 0. The van der Waals surface area contributed by atoms with Crippen LogP contribution in [-0.4, -0.2) is 20.9 Å². The first-order valence-corrected chi connectivity index (χ1v) is 8.45. The number of carbonyl (C=O) groups excluding carboxylic acids is 1. The summed E-state index contributed by atoms with van der Waals surface area (Å²) in [6, 6.07) is 16.7. The Morgan fingerprint density at radius 2 is 1.75 bits per heavy atom. The van der Waals surface area contributed by atoms with E-state index in [-0.39, 0.29) is 23.3 Å². The Morgan fingerprint density at radius 1 is 0.964 bits per heavy atom. The summed E-state index contributed by atoms with van der Waals surface area (Å²) < 4.78 is 5.92. The highest BCUT2D eigenvalue weighted by Gasteiger charge is 2.13. The van der Waals surface area contributed by atoms with Gasteiger partial charge in [-0.05, 0) is 23.6 Å². The normalized spacial score (nSPS) is 10.4. The van der Waals surface area contributed by atoms with Crippen LogP contribution in [0.3, 0.4) is 0 Å². The summed E-state index contributed by atoms with van der Waals surface area (Å²) in [5, 5.41) is 1.97. The molecule has 2 aromatic heterocycles. The van der Waals surface area contributed by atoms with Crippen LogP contribution in [0.1, 0.15) is 10.4 Å². The molecule has 4 rings (SSSR count). The molecule has 0 fully saturated rings. The topological polar surface area (TPSA) is 115 Å². The van der Waals surface area contributed by atoms with E-state index in [0.717, 1.165) is 10.8 Å². The summed E-state index contributed by atoms with van der Waals surface area (Å²) in [5.74, 6) is 0.687. The van der Waals surface area contributed by atoms with Crippen LogP contribution >= 0.6 is 0 Å². The Balaban J connectivity index is 1.54. The molecular formula is C20H16N6O2. The van der Waals surface area contributed by atoms with Crippen molar-refractivity contribution >= 4 is 28.2 Å². The average molecular weight is 372 g/mol. The average Bonchev–Trinajstić information content (AvgIpc) is 2.75. The molecular weight excluding hydrogens is 356 g/mol. The summed E-state index contributed by atoms with van der Waals surface area (Å²) in [4.78, 5) is 24.2. The standard InChI is InChI=1S/C20H16N6O2/c21-17-18(25-26-19(27)14-8-10-22-11-9-14)23-12-24-20(17)28-16-7-3-5-13-4-1-2-6-15(13)16/h1-12H,21H2,(H,26,27)(H,23,24,25). The number of ether oxygens (including phenoxy) is 1. The molecule has 4 N–H and O–H groups in total. The zero-order chi connectivity index (χ0) is 19.3. The van der Waals surface area contributed by atoms with Crippen molar-refractivity contribution in [3.05, 3.63) is 78.9 Å². The first-order chi connectivity index (χ1) is 13.7. The van der Waals surface area contributed by atoms with E-state index in [0.29, 0.717) is 11.3 Å². The number of nitrogens with two attached hydrogens (primary N) is 1. The molecule has 2 aromatic carbocycles. The van der Waals surface area contributed by atoms with Gasteiger partial charge in [0.2, 0.25) is 5.88 Å². The minimum absolute atomic E-state index is 0.172. The Hall–Kier alpha value is -4.20. The van der Waals surface area contributed by atoms with Gasteiger partial charge in [0.1, 0.15) is 17.8 Å². The van der Waals surface area contributed by atoms with Crippen molar-refractivity contribution in [1.29, 1.82) is 0 Å². The molecule has 0 atom stereocenters. The van der Waals surface area contributed by atoms with Crippen molar-refractivity contribution in [3.63, 3.8) is 0 Å². The number of nitrogens with one attached hydrogen (secondary N) is 2. The predicted molar refractivity (Wildman–Crippen MR) is 106 cm³/mol. The second-order valence-corrected chi connectivity index (χ2v) is 5.84. The maximum Gasteiger partial charge on any atom is 0.269 e. The number of amides is 1. The lowest BCUT2D eigenvalue weighted by atomic mass is 10.1. The Bertz CT molecular complexity index is 1130. The van der Waals surface area contributed by atoms with E-state index < -0.39 is 0 Å². The second-order valence-electron chi connectivity index (χ2n) is 5.84. The van der Waals surface area contributed by atoms with Crippen LogP contribution in [0.4, 0.5) is 11.5 Å². The van der Waals surface area contributed by atoms with Crippen LogP contribution in [0, 0.1) is 0 Å². The minimum Gasteiger partial charge on any atom is -0.436 e. The van der Waals surface area contributed by atoms with Crippen LogP contribution in [0.25, 0.3) is 10.8 Å². The van der Waals surface area contributed by atoms with Gasteiger partial charge in [0.05, 0.1) is 0 Å². The number of hydrogen-bond donors (Lipinski definition) is 3. The van der Waals surface area contributed by atoms with E-state index in [9.17, 15) is 4.79 Å². The lowest BCUT2D eigenvalue weighted by molar-refractivity contribution is 0.0962. The van der Waals surface area contributed by atoms with Crippen molar-refractivity contribution in [1.82, 2.24) is 20.4 Å². The monoisotopic (exact) mass is 372 g/mol. The summed E-state index contributed by atoms with van der Waals surface area (Å²) in [7, 11) is 0. The molecule has 4 aromatic rings. The molecule has 1 amide bonds. The summed E-state index contributed by atoms with van der Waals surface area (Å²) in [6.45, 7) is 0. The van der Waals surface area contributed by atoms with Crippen molar-refractivity contribution in [2.24, 2.45) is 0 Å². The molecule has 138 valence electrons. The van der Waals surface area contributed by atoms with Crippen molar-refractivity contribution in [2.75, 3.05) is 11.2 Å². The molecule has 0 saturated heterocycles. The van der Waals surface area contributed by atoms with Gasteiger partial charge in [0.15, 0.2) is 5.82 Å². The number of nitrogens with zero attached hydrogens (tertiary/aromatic N) is 3. The molecule has 0 aliphatic carbocycles. The summed E-state index contributed by atoms with van der Waals surface area (Å²) in [6.07, 6.45) is 4.37. The first-order valence-electron chi connectivity index (χ1n) is 8.45. The van der Waals surface area contributed by atoms with E-state index >= 15 is 0 Å². The lowest BCUT2D eigenvalue weighted by Gasteiger charge is -2.13. The molecule has 2 heterocycles. The maximum absolute atomic E-state index is 12.1. The third kappa shape index (κ3) is 3.51. The molecule has 0 unspecified atom stereocenters. The number of fused-ring (bicyclic) bond motifs is 1. The number of hydrazine groups is 1. The van der Waals surface area contributed by atoms with Gasteiger partial charge in [0.25, 0.3) is 5.91 Å². The zero-order valence-electron chi connectivity index (χ0n) is 14.7. The summed E-state index contributed by atoms with van der Waals surface area (Å²) in [5.41, 5.74) is 12.0. The van der Waals surface area contributed by atoms with Crippen molar-refractivity contribution < 1.29 is 9.53 Å². The number of aromatic nitrogens is 3.